The summed E-state index contributed by atoms with van der Waals surface area (Å²) in [6.07, 6.45) is 7.83. The highest BCUT2D eigenvalue weighted by molar-refractivity contribution is 5.42. The number of nitrogens with one attached hydrogen (secondary N) is 2. The number of anilines is 1. The largest absolute Gasteiger partial charge is 0.387 e. The van der Waals surface area contributed by atoms with Crippen molar-refractivity contribution in [2.75, 3.05) is 32.1 Å². The summed E-state index contributed by atoms with van der Waals surface area (Å²) in [5.74, 6) is 0.918. The fourth-order valence-electron chi connectivity index (χ4n) is 3.16. The Bertz CT molecular complexity index is 649. The van der Waals surface area contributed by atoms with Crippen LogP contribution in [0.3, 0.4) is 0 Å². The Labute approximate surface area is 144 Å². The first-order chi connectivity index (χ1) is 11.6. The standard InChI is InChI=1S/C18H30N4O2/c1-5-6-9-20-12-14(2)13-21-15(3)17(19-4)22(18(21)23)16-7-10-24-11-8-16/h5-6,12,16,19-20H,7-11,13H2,1-4H3/b6-5-,14-12+. The van der Waals surface area contributed by atoms with Gasteiger partial charge in [0.25, 0.3) is 0 Å². The van der Waals surface area contributed by atoms with Crippen LogP contribution in [-0.4, -0.2) is 35.9 Å². The van der Waals surface area contributed by atoms with Gasteiger partial charge in [0.1, 0.15) is 5.82 Å². The average molecular weight is 334 g/mol. The molecule has 0 amide bonds. The summed E-state index contributed by atoms with van der Waals surface area (Å²) in [6.45, 7) is 8.88. The maximum atomic E-state index is 13.0. The van der Waals surface area contributed by atoms with E-state index in [0.717, 1.165) is 49.7 Å². The van der Waals surface area contributed by atoms with Crippen molar-refractivity contribution in [1.82, 2.24) is 14.5 Å². The van der Waals surface area contributed by atoms with Crippen LogP contribution in [0.1, 0.15) is 38.4 Å². The molecule has 1 aliphatic rings. The van der Waals surface area contributed by atoms with Crippen LogP contribution < -0.4 is 16.3 Å². The minimum Gasteiger partial charge on any atom is -0.387 e. The molecule has 1 aliphatic heterocycles. The van der Waals surface area contributed by atoms with Gasteiger partial charge in [-0.2, -0.15) is 0 Å². The van der Waals surface area contributed by atoms with Gasteiger partial charge in [0.2, 0.25) is 0 Å². The molecule has 0 aliphatic carbocycles. The van der Waals surface area contributed by atoms with Crippen molar-refractivity contribution in [2.45, 2.75) is 46.2 Å². The second kappa shape index (κ2) is 8.78. The van der Waals surface area contributed by atoms with Gasteiger partial charge in [-0.15, -0.1) is 0 Å². The van der Waals surface area contributed by atoms with E-state index in [1.165, 1.54) is 0 Å². The van der Waals surface area contributed by atoms with Gasteiger partial charge in [0.15, 0.2) is 0 Å². The van der Waals surface area contributed by atoms with Gasteiger partial charge in [-0.25, -0.2) is 4.79 Å². The van der Waals surface area contributed by atoms with E-state index in [1.54, 1.807) is 0 Å². The maximum absolute atomic E-state index is 13.0. The van der Waals surface area contributed by atoms with E-state index in [4.69, 9.17) is 4.74 Å². The van der Waals surface area contributed by atoms with Gasteiger partial charge in [0, 0.05) is 39.4 Å². The number of nitrogens with zero attached hydrogens (tertiary/aromatic N) is 2. The van der Waals surface area contributed by atoms with E-state index < -0.39 is 0 Å². The van der Waals surface area contributed by atoms with Crippen LogP contribution in [0.5, 0.6) is 0 Å². The Morgan fingerprint density at radius 1 is 1.38 bits per heavy atom. The molecule has 1 fully saturated rings. The highest BCUT2D eigenvalue weighted by Gasteiger charge is 2.24. The van der Waals surface area contributed by atoms with E-state index in [-0.39, 0.29) is 11.7 Å². The predicted octanol–water partition coefficient (Wildman–Crippen LogP) is 2.42. The number of hydrogen-bond acceptors (Lipinski definition) is 4. The second-order valence-electron chi connectivity index (χ2n) is 6.23. The van der Waals surface area contributed by atoms with Crippen molar-refractivity contribution in [3.63, 3.8) is 0 Å². The van der Waals surface area contributed by atoms with Crippen molar-refractivity contribution in [3.05, 3.63) is 40.1 Å². The Morgan fingerprint density at radius 2 is 2.08 bits per heavy atom. The molecule has 0 spiro atoms. The van der Waals surface area contributed by atoms with E-state index in [2.05, 4.69) is 16.7 Å². The van der Waals surface area contributed by atoms with Crippen molar-refractivity contribution in [1.29, 1.82) is 0 Å². The molecule has 1 saturated heterocycles. The van der Waals surface area contributed by atoms with Crippen molar-refractivity contribution < 1.29 is 4.74 Å². The van der Waals surface area contributed by atoms with Gasteiger partial charge >= 0.3 is 5.69 Å². The third kappa shape index (κ3) is 4.12. The Hall–Kier alpha value is -1.95. The quantitative estimate of drug-likeness (QED) is 0.594. The van der Waals surface area contributed by atoms with Crippen LogP contribution >= 0.6 is 0 Å². The number of ether oxygens (including phenoxy) is 1. The van der Waals surface area contributed by atoms with Gasteiger partial charge < -0.3 is 15.4 Å². The minimum atomic E-state index is 0.0601. The molecule has 134 valence electrons. The molecule has 24 heavy (non-hydrogen) atoms. The Morgan fingerprint density at radius 3 is 2.71 bits per heavy atom. The van der Waals surface area contributed by atoms with Crippen LogP contribution in [0.15, 0.2) is 28.7 Å². The highest BCUT2D eigenvalue weighted by Crippen LogP contribution is 2.25. The molecular weight excluding hydrogens is 304 g/mol. The van der Waals surface area contributed by atoms with E-state index in [0.29, 0.717) is 6.54 Å². The fourth-order valence-corrected chi connectivity index (χ4v) is 3.16. The van der Waals surface area contributed by atoms with E-state index in [9.17, 15) is 4.79 Å². The monoisotopic (exact) mass is 334 g/mol. The van der Waals surface area contributed by atoms with Crippen molar-refractivity contribution >= 4 is 5.82 Å². The van der Waals surface area contributed by atoms with Gasteiger partial charge in [-0.3, -0.25) is 9.13 Å². The summed E-state index contributed by atoms with van der Waals surface area (Å²) in [7, 11) is 1.88. The molecule has 1 aromatic heterocycles. The van der Waals surface area contributed by atoms with Crippen LogP contribution in [0, 0.1) is 6.92 Å². The summed E-state index contributed by atoms with van der Waals surface area (Å²) in [4.78, 5) is 13.0. The number of aromatic nitrogens is 2. The molecule has 0 atom stereocenters. The molecule has 2 N–H and O–H groups in total. The SMILES string of the molecule is C/C=C\CN/C=C(\C)Cn1c(C)c(NC)n(C2CCOCC2)c1=O. The molecule has 1 aromatic rings. The number of imidazole rings is 1. The van der Waals surface area contributed by atoms with E-state index in [1.807, 2.05) is 49.2 Å². The Balaban J connectivity index is 2.24. The molecular formula is C18H30N4O2. The molecule has 6 heteroatoms. The van der Waals surface area contributed by atoms with Crippen molar-refractivity contribution in [3.8, 4) is 0 Å². The normalized spacial score (nSPS) is 16.8. The summed E-state index contributed by atoms with van der Waals surface area (Å²) in [5.41, 5.74) is 2.16. The second-order valence-corrected chi connectivity index (χ2v) is 6.23. The lowest BCUT2D eigenvalue weighted by Crippen LogP contribution is -2.31. The molecule has 0 aromatic carbocycles. The summed E-state index contributed by atoms with van der Waals surface area (Å²) in [6, 6.07) is 0.214. The maximum Gasteiger partial charge on any atom is 0.330 e. The molecule has 0 radical (unpaired) electrons. The first-order valence-electron chi connectivity index (χ1n) is 8.67. The fraction of sp³-hybridized carbons (Fsp3) is 0.611. The first-order valence-corrected chi connectivity index (χ1v) is 8.67. The van der Waals surface area contributed by atoms with Crippen molar-refractivity contribution in [2.24, 2.45) is 0 Å². The van der Waals surface area contributed by atoms with Gasteiger partial charge in [-0.1, -0.05) is 12.2 Å². The zero-order valence-corrected chi connectivity index (χ0v) is 15.3. The average Bonchev–Trinajstić information content (AvgIpc) is 2.83. The molecule has 0 bridgehead atoms. The lowest BCUT2D eigenvalue weighted by molar-refractivity contribution is 0.0690. The smallest absolute Gasteiger partial charge is 0.330 e. The van der Waals surface area contributed by atoms with Crippen LogP contribution in [0.4, 0.5) is 5.82 Å². The summed E-state index contributed by atoms with van der Waals surface area (Å²) < 4.78 is 9.20. The zero-order chi connectivity index (χ0) is 17.5. The molecule has 6 nitrogen and oxygen atoms in total. The Kier molecular flexibility index (Phi) is 6.73. The molecule has 0 saturated carbocycles. The van der Waals surface area contributed by atoms with Crippen LogP contribution in [0.25, 0.3) is 0 Å². The molecule has 2 rings (SSSR count). The summed E-state index contributed by atoms with van der Waals surface area (Å²) >= 11 is 0. The van der Waals surface area contributed by atoms with Gasteiger partial charge in [0.05, 0.1) is 5.69 Å². The topological polar surface area (TPSA) is 60.2 Å². The number of rotatable bonds is 7. The lowest BCUT2D eigenvalue weighted by atomic mass is 10.1. The number of hydrogen-bond donors (Lipinski definition) is 2. The third-order valence-corrected chi connectivity index (χ3v) is 4.45. The van der Waals surface area contributed by atoms with Crippen LogP contribution in [-0.2, 0) is 11.3 Å². The number of allylic oxidation sites excluding steroid dienone is 2. The van der Waals surface area contributed by atoms with Crippen LogP contribution in [0.2, 0.25) is 0 Å². The zero-order valence-electron chi connectivity index (χ0n) is 15.3. The third-order valence-electron chi connectivity index (χ3n) is 4.45. The van der Waals surface area contributed by atoms with E-state index >= 15 is 0 Å². The molecule has 0 unspecified atom stereocenters. The highest BCUT2D eigenvalue weighted by atomic mass is 16.5. The first kappa shape index (κ1) is 18.4. The summed E-state index contributed by atoms with van der Waals surface area (Å²) in [5, 5.41) is 6.45. The predicted molar refractivity (Wildman–Crippen MR) is 98.6 cm³/mol. The minimum absolute atomic E-state index is 0.0601. The lowest BCUT2D eigenvalue weighted by Gasteiger charge is -2.24. The van der Waals surface area contributed by atoms with Gasteiger partial charge in [-0.05, 0) is 45.4 Å². The molecule has 2 heterocycles.